The van der Waals surface area contributed by atoms with E-state index >= 15 is 0 Å². The van der Waals surface area contributed by atoms with E-state index in [4.69, 9.17) is 16.6 Å². The van der Waals surface area contributed by atoms with Crippen molar-refractivity contribution in [3.8, 4) is 11.1 Å². The molecule has 0 fully saturated rings. The Balaban J connectivity index is 1.80. The van der Waals surface area contributed by atoms with Crippen LogP contribution in [-0.2, 0) is 5.41 Å². The van der Waals surface area contributed by atoms with Crippen LogP contribution in [0.2, 0.25) is 5.02 Å². The second-order valence-electron chi connectivity index (χ2n) is 7.45. The molecule has 1 atom stereocenters. The zero-order chi connectivity index (χ0) is 20.1. The van der Waals surface area contributed by atoms with Crippen molar-refractivity contribution in [2.24, 2.45) is 0 Å². The molecular formula is C26H16ClN3. The predicted octanol–water partition coefficient (Wildman–Crippen LogP) is 6.04. The van der Waals surface area contributed by atoms with E-state index in [1.165, 1.54) is 16.7 Å². The molecule has 0 radical (unpaired) electrons. The van der Waals surface area contributed by atoms with Crippen LogP contribution in [0.3, 0.4) is 0 Å². The van der Waals surface area contributed by atoms with Gasteiger partial charge in [0.25, 0.3) is 0 Å². The van der Waals surface area contributed by atoms with Gasteiger partial charge in [-0.2, -0.15) is 0 Å². The van der Waals surface area contributed by atoms with Crippen LogP contribution in [0.15, 0.2) is 97.3 Å². The summed E-state index contributed by atoms with van der Waals surface area (Å²) in [5.41, 5.74) is 7.62. The normalized spacial score (nSPS) is 17.0. The highest BCUT2D eigenvalue weighted by molar-refractivity contribution is 6.30. The summed E-state index contributed by atoms with van der Waals surface area (Å²) in [5.74, 6) is 0. The zero-order valence-corrected chi connectivity index (χ0v) is 16.7. The van der Waals surface area contributed by atoms with Crippen molar-refractivity contribution in [3.05, 3.63) is 125 Å². The molecule has 3 nitrogen and oxygen atoms in total. The Kier molecular flexibility index (Phi) is 3.74. The van der Waals surface area contributed by atoms with Crippen molar-refractivity contribution < 1.29 is 0 Å². The molecule has 1 aliphatic rings. The van der Waals surface area contributed by atoms with Crippen molar-refractivity contribution in [1.29, 1.82) is 0 Å². The first kappa shape index (κ1) is 17.3. The van der Waals surface area contributed by atoms with Gasteiger partial charge in [-0.15, -0.1) is 0 Å². The van der Waals surface area contributed by atoms with Crippen LogP contribution in [-0.4, -0.2) is 15.0 Å². The molecule has 4 heteroatoms. The molecular weight excluding hydrogens is 390 g/mol. The fourth-order valence-electron chi connectivity index (χ4n) is 4.74. The van der Waals surface area contributed by atoms with Crippen LogP contribution >= 0.6 is 11.6 Å². The van der Waals surface area contributed by atoms with Crippen LogP contribution < -0.4 is 0 Å². The number of fused-ring (bicyclic) bond motifs is 4. The van der Waals surface area contributed by atoms with Crippen LogP contribution in [0.1, 0.15) is 22.4 Å². The van der Waals surface area contributed by atoms with Crippen molar-refractivity contribution in [2.45, 2.75) is 5.41 Å². The summed E-state index contributed by atoms with van der Waals surface area (Å²) in [6.07, 6.45) is 3.37. The van der Waals surface area contributed by atoms with Crippen LogP contribution in [0.4, 0.5) is 0 Å². The Morgan fingerprint density at radius 3 is 2.33 bits per heavy atom. The molecule has 2 aromatic heterocycles. The molecule has 0 N–H and O–H groups in total. The molecule has 0 spiro atoms. The van der Waals surface area contributed by atoms with Gasteiger partial charge in [0, 0.05) is 17.4 Å². The van der Waals surface area contributed by atoms with Gasteiger partial charge in [0.05, 0.1) is 11.1 Å². The average molecular weight is 406 g/mol. The van der Waals surface area contributed by atoms with Crippen LogP contribution in [0, 0.1) is 0 Å². The van der Waals surface area contributed by atoms with Gasteiger partial charge in [0.2, 0.25) is 0 Å². The Morgan fingerprint density at radius 1 is 0.667 bits per heavy atom. The molecule has 1 aliphatic carbocycles. The first-order valence-corrected chi connectivity index (χ1v) is 10.2. The highest BCUT2D eigenvalue weighted by atomic mass is 35.5. The quantitative estimate of drug-likeness (QED) is 0.352. The van der Waals surface area contributed by atoms with Gasteiger partial charge in [0.15, 0.2) is 5.65 Å². The molecule has 142 valence electrons. The second-order valence-corrected chi connectivity index (χ2v) is 7.88. The molecule has 0 saturated heterocycles. The maximum Gasteiger partial charge on any atom is 0.178 e. The van der Waals surface area contributed by atoms with Gasteiger partial charge in [-0.05, 0) is 52.1 Å². The van der Waals surface area contributed by atoms with Gasteiger partial charge < -0.3 is 0 Å². The van der Waals surface area contributed by atoms with E-state index in [-0.39, 0.29) is 0 Å². The van der Waals surface area contributed by atoms with Crippen molar-refractivity contribution >= 4 is 22.8 Å². The van der Waals surface area contributed by atoms with E-state index < -0.39 is 5.41 Å². The van der Waals surface area contributed by atoms with Crippen molar-refractivity contribution in [1.82, 2.24) is 15.0 Å². The smallest absolute Gasteiger partial charge is 0.178 e. The Labute approximate surface area is 179 Å². The fraction of sp³-hybridized carbons (Fsp3) is 0.0385. The highest BCUT2D eigenvalue weighted by Gasteiger charge is 2.47. The molecule has 5 aromatic rings. The van der Waals surface area contributed by atoms with Gasteiger partial charge in [-0.3, -0.25) is 4.98 Å². The van der Waals surface area contributed by atoms with E-state index in [0.29, 0.717) is 10.7 Å². The Hall–Kier alpha value is -3.56. The first-order valence-electron chi connectivity index (χ1n) is 9.82. The fourth-order valence-corrected chi connectivity index (χ4v) is 4.91. The van der Waals surface area contributed by atoms with Crippen LogP contribution in [0.5, 0.6) is 0 Å². The summed E-state index contributed by atoms with van der Waals surface area (Å²) in [5, 5.41) is 0.711. The highest BCUT2D eigenvalue weighted by Crippen LogP contribution is 2.56. The number of hydrogen-bond acceptors (Lipinski definition) is 3. The molecule has 6 rings (SSSR count). The first-order chi connectivity index (χ1) is 14.8. The minimum Gasteiger partial charge on any atom is -0.251 e. The number of nitrogens with zero attached hydrogens (tertiary/aromatic N) is 3. The van der Waals surface area contributed by atoms with Crippen LogP contribution in [0.25, 0.3) is 22.3 Å². The van der Waals surface area contributed by atoms with Crippen molar-refractivity contribution in [3.63, 3.8) is 0 Å². The third-order valence-electron chi connectivity index (χ3n) is 5.93. The van der Waals surface area contributed by atoms with E-state index in [9.17, 15) is 0 Å². The standard InChI is InChI=1S/C26H16ClN3/c27-18-10-11-20-19-8-4-5-9-21(19)26(22(20)16-18,17-6-2-1-3-7-17)24-13-12-23-25(30-24)29-15-14-28-23/h1-16H. The largest absolute Gasteiger partial charge is 0.251 e. The maximum atomic E-state index is 6.52. The molecule has 0 bridgehead atoms. The molecule has 0 amide bonds. The third-order valence-corrected chi connectivity index (χ3v) is 6.16. The molecule has 1 unspecified atom stereocenters. The number of aromatic nitrogens is 3. The summed E-state index contributed by atoms with van der Waals surface area (Å²) in [4.78, 5) is 13.9. The Bertz CT molecular complexity index is 1410. The Morgan fingerprint density at radius 2 is 1.43 bits per heavy atom. The SMILES string of the molecule is Clc1ccc2c(c1)C(c1ccccc1)(c1ccc3nccnc3n1)c1ccccc1-2. The molecule has 30 heavy (non-hydrogen) atoms. The number of hydrogen-bond donors (Lipinski definition) is 0. The molecule has 0 saturated carbocycles. The topological polar surface area (TPSA) is 38.7 Å². The third kappa shape index (κ3) is 2.30. The van der Waals surface area contributed by atoms with E-state index in [2.05, 4.69) is 76.7 Å². The molecule has 3 aromatic carbocycles. The van der Waals surface area contributed by atoms with E-state index in [1.807, 2.05) is 18.2 Å². The van der Waals surface area contributed by atoms with E-state index in [1.54, 1.807) is 12.4 Å². The lowest BCUT2D eigenvalue weighted by Gasteiger charge is -2.32. The molecule has 0 aliphatic heterocycles. The summed E-state index contributed by atoms with van der Waals surface area (Å²) in [6.45, 7) is 0. The lowest BCUT2D eigenvalue weighted by Crippen LogP contribution is -2.29. The van der Waals surface area contributed by atoms with Crippen molar-refractivity contribution in [2.75, 3.05) is 0 Å². The van der Waals surface area contributed by atoms with Gasteiger partial charge in [0.1, 0.15) is 5.52 Å². The monoisotopic (exact) mass is 405 g/mol. The number of halogens is 1. The minimum atomic E-state index is -0.580. The number of benzene rings is 3. The zero-order valence-electron chi connectivity index (χ0n) is 16.0. The second kappa shape index (κ2) is 6.48. The molecule has 2 heterocycles. The summed E-state index contributed by atoms with van der Waals surface area (Å²) >= 11 is 6.52. The predicted molar refractivity (Wildman–Crippen MR) is 120 cm³/mol. The maximum absolute atomic E-state index is 6.52. The summed E-state index contributed by atoms with van der Waals surface area (Å²) in [6, 6.07) is 29.3. The number of rotatable bonds is 2. The summed E-state index contributed by atoms with van der Waals surface area (Å²) in [7, 11) is 0. The lowest BCUT2D eigenvalue weighted by atomic mass is 9.70. The number of pyridine rings is 1. The lowest BCUT2D eigenvalue weighted by molar-refractivity contribution is 0.738. The van der Waals surface area contributed by atoms with Gasteiger partial charge in [-0.25, -0.2) is 9.97 Å². The average Bonchev–Trinajstić information content (AvgIpc) is 3.09. The van der Waals surface area contributed by atoms with Gasteiger partial charge in [-0.1, -0.05) is 72.3 Å². The van der Waals surface area contributed by atoms with E-state index in [0.717, 1.165) is 22.3 Å². The summed E-state index contributed by atoms with van der Waals surface area (Å²) < 4.78 is 0. The van der Waals surface area contributed by atoms with Gasteiger partial charge >= 0.3 is 0 Å². The minimum absolute atomic E-state index is 0.580.